The molecule has 10 nitrogen and oxygen atoms in total. The van der Waals surface area contributed by atoms with Crippen molar-refractivity contribution in [3.05, 3.63) is 90.5 Å². The van der Waals surface area contributed by atoms with Crippen LogP contribution in [0, 0.1) is 0 Å². The van der Waals surface area contributed by atoms with Gasteiger partial charge < -0.3 is 15.2 Å². The SMILES string of the molecule is O=C(O)CC(NC(=O)OCc1ccccc1)C(=O)Cn1nnnc1-c1ccccc1-c1ccccc1. The number of carboxylic acid groups (broad SMARTS) is 1. The number of amides is 1. The lowest BCUT2D eigenvalue weighted by Crippen LogP contribution is -2.44. The highest BCUT2D eigenvalue weighted by molar-refractivity contribution is 5.91. The van der Waals surface area contributed by atoms with Crippen molar-refractivity contribution in [2.75, 3.05) is 0 Å². The normalized spacial score (nSPS) is 11.4. The van der Waals surface area contributed by atoms with E-state index < -0.39 is 30.3 Å². The Morgan fingerprint density at radius 3 is 2.22 bits per heavy atom. The van der Waals surface area contributed by atoms with E-state index in [9.17, 15) is 19.5 Å². The summed E-state index contributed by atoms with van der Waals surface area (Å²) in [5, 5.41) is 23.4. The Bertz CT molecular complexity index is 1340. The van der Waals surface area contributed by atoms with E-state index in [1.165, 1.54) is 4.68 Å². The first-order valence-corrected chi connectivity index (χ1v) is 11.1. The molecule has 0 bridgehead atoms. The fourth-order valence-corrected chi connectivity index (χ4v) is 3.64. The van der Waals surface area contributed by atoms with Gasteiger partial charge in [-0.25, -0.2) is 9.48 Å². The number of tetrazole rings is 1. The first-order valence-electron chi connectivity index (χ1n) is 11.1. The molecule has 2 N–H and O–H groups in total. The second kappa shape index (κ2) is 11.5. The lowest BCUT2D eigenvalue weighted by Gasteiger charge is -2.16. The molecular weight excluding hydrogens is 462 g/mol. The number of rotatable bonds is 10. The van der Waals surface area contributed by atoms with E-state index in [4.69, 9.17) is 4.74 Å². The molecule has 0 saturated heterocycles. The van der Waals surface area contributed by atoms with Gasteiger partial charge in [0.05, 0.1) is 6.42 Å². The summed E-state index contributed by atoms with van der Waals surface area (Å²) in [4.78, 5) is 36.7. The Labute approximate surface area is 206 Å². The molecule has 0 radical (unpaired) electrons. The number of hydrogen-bond donors (Lipinski definition) is 2. The summed E-state index contributed by atoms with van der Waals surface area (Å²) in [7, 11) is 0. The Kier molecular flexibility index (Phi) is 7.76. The standard InChI is InChI=1S/C26H23N5O5/c32-23(22(15-24(33)34)27-26(35)36-17-18-9-3-1-4-10-18)16-31-25(28-29-30-31)21-14-8-7-13-20(21)19-11-5-2-6-12-19/h1-14,22H,15-17H2,(H,27,35)(H,33,34). The van der Waals surface area contributed by atoms with Crippen molar-refractivity contribution in [2.45, 2.75) is 25.6 Å². The third-order valence-corrected chi connectivity index (χ3v) is 5.36. The van der Waals surface area contributed by atoms with E-state index in [-0.39, 0.29) is 13.2 Å². The number of carbonyl (C=O) groups excluding carboxylic acids is 2. The smallest absolute Gasteiger partial charge is 0.408 e. The number of carbonyl (C=O) groups is 3. The maximum Gasteiger partial charge on any atom is 0.408 e. The fourth-order valence-electron chi connectivity index (χ4n) is 3.64. The van der Waals surface area contributed by atoms with Crippen LogP contribution < -0.4 is 5.32 Å². The van der Waals surface area contributed by atoms with E-state index in [1.807, 2.05) is 60.7 Å². The third kappa shape index (κ3) is 6.17. The van der Waals surface area contributed by atoms with Gasteiger partial charge >= 0.3 is 12.1 Å². The zero-order chi connectivity index (χ0) is 25.3. The maximum absolute atomic E-state index is 13.0. The van der Waals surface area contributed by atoms with Crippen molar-refractivity contribution in [1.82, 2.24) is 25.5 Å². The predicted octanol–water partition coefficient (Wildman–Crippen LogP) is 3.35. The fraction of sp³-hybridized carbons (Fsp3) is 0.154. The Morgan fingerprint density at radius 2 is 1.53 bits per heavy atom. The minimum atomic E-state index is -1.33. The van der Waals surface area contributed by atoms with Gasteiger partial charge in [0, 0.05) is 5.56 Å². The summed E-state index contributed by atoms with van der Waals surface area (Å²) in [6.45, 7) is -0.365. The molecule has 1 unspecified atom stereocenters. The number of alkyl carbamates (subject to hydrolysis) is 1. The average Bonchev–Trinajstić information content (AvgIpc) is 3.36. The van der Waals surface area contributed by atoms with Crippen molar-refractivity contribution in [1.29, 1.82) is 0 Å². The topological polar surface area (TPSA) is 136 Å². The summed E-state index contributed by atoms with van der Waals surface area (Å²) in [6.07, 6.45) is -1.51. The van der Waals surface area contributed by atoms with Crippen molar-refractivity contribution < 1.29 is 24.2 Å². The molecule has 0 fully saturated rings. The molecular formula is C26H23N5O5. The van der Waals surface area contributed by atoms with Crippen LogP contribution in [-0.2, 0) is 27.5 Å². The van der Waals surface area contributed by atoms with Gasteiger partial charge in [0.15, 0.2) is 11.6 Å². The van der Waals surface area contributed by atoms with Crippen molar-refractivity contribution >= 4 is 17.8 Å². The van der Waals surface area contributed by atoms with Crippen molar-refractivity contribution in [3.8, 4) is 22.5 Å². The summed E-state index contributed by atoms with van der Waals surface area (Å²) in [5.74, 6) is -1.49. The summed E-state index contributed by atoms with van der Waals surface area (Å²) in [5.41, 5.74) is 3.27. The van der Waals surface area contributed by atoms with Gasteiger partial charge in [0.1, 0.15) is 19.2 Å². The van der Waals surface area contributed by atoms with Crippen LogP contribution >= 0.6 is 0 Å². The number of aliphatic carboxylic acids is 1. The highest BCUT2D eigenvalue weighted by atomic mass is 16.5. The summed E-state index contributed by atoms with van der Waals surface area (Å²) >= 11 is 0. The quantitative estimate of drug-likeness (QED) is 0.349. The maximum atomic E-state index is 13.0. The number of carboxylic acids is 1. The molecule has 1 heterocycles. The minimum Gasteiger partial charge on any atom is -0.481 e. The van der Waals surface area contributed by atoms with E-state index in [1.54, 1.807) is 24.3 Å². The summed E-state index contributed by atoms with van der Waals surface area (Å²) in [6, 6.07) is 24.8. The van der Waals surface area contributed by atoms with Crippen LogP contribution in [0.2, 0.25) is 0 Å². The van der Waals surface area contributed by atoms with E-state index in [0.717, 1.165) is 16.7 Å². The monoisotopic (exact) mass is 485 g/mol. The zero-order valence-electron chi connectivity index (χ0n) is 19.2. The highest BCUT2D eigenvalue weighted by Gasteiger charge is 2.26. The molecule has 4 aromatic rings. The van der Waals surface area contributed by atoms with Gasteiger partial charge in [-0.3, -0.25) is 9.59 Å². The molecule has 0 spiro atoms. The molecule has 4 rings (SSSR count). The second-order valence-corrected chi connectivity index (χ2v) is 7.89. The molecule has 0 aliphatic rings. The molecule has 36 heavy (non-hydrogen) atoms. The molecule has 10 heteroatoms. The number of ketones is 1. The van der Waals surface area contributed by atoms with Gasteiger partial charge in [-0.2, -0.15) is 0 Å². The second-order valence-electron chi connectivity index (χ2n) is 7.89. The molecule has 0 aliphatic carbocycles. The van der Waals surface area contributed by atoms with Crippen molar-refractivity contribution in [3.63, 3.8) is 0 Å². The largest absolute Gasteiger partial charge is 0.481 e. The molecule has 182 valence electrons. The average molecular weight is 486 g/mol. The van der Waals surface area contributed by atoms with Crippen LogP contribution in [0.3, 0.4) is 0 Å². The number of hydrogen-bond acceptors (Lipinski definition) is 7. The number of aromatic nitrogens is 4. The number of nitrogens with zero attached hydrogens (tertiary/aromatic N) is 4. The molecule has 3 aromatic carbocycles. The van der Waals surface area contributed by atoms with E-state index >= 15 is 0 Å². The van der Waals surface area contributed by atoms with Crippen molar-refractivity contribution in [2.24, 2.45) is 0 Å². The number of Topliss-reactive ketones (excluding diaryl/α,β-unsaturated/α-hetero) is 1. The number of ether oxygens (including phenoxy) is 1. The van der Waals surface area contributed by atoms with Crippen LogP contribution in [0.5, 0.6) is 0 Å². The predicted molar refractivity (Wildman–Crippen MR) is 129 cm³/mol. The summed E-state index contributed by atoms with van der Waals surface area (Å²) < 4.78 is 6.43. The minimum absolute atomic E-state index is 0.0198. The van der Waals surface area contributed by atoms with Gasteiger partial charge in [0.2, 0.25) is 0 Å². The molecule has 0 saturated carbocycles. The molecule has 1 atom stereocenters. The van der Waals surface area contributed by atoms with Crippen LogP contribution in [0.1, 0.15) is 12.0 Å². The Balaban J connectivity index is 1.50. The number of benzene rings is 3. The van der Waals surface area contributed by atoms with Crippen LogP contribution in [0.15, 0.2) is 84.9 Å². The van der Waals surface area contributed by atoms with Gasteiger partial charge in [-0.05, 0) is 27.1 Å². The van der Waals surface area contributed by atoms with E-state index in [2.05, 4.69) is 20.8 Å². The molecule has 1 amide bonds. The van der Waals surface area contributed by atoms with Crippen LogP contribution in [0.25, 0.3) is 22.5 Å². The third-order valence-electron chi connectivity index (χ3n) is 5.36. The van der Waals surface area contributed by atoms with Crippen LogP contribution in [-0.4, -0.2) is 49.2 Å². The first-order chi connectivity index (χ1) is 17.5. The highest BCUT2D eigenvalue weighted by Crippen LogP contribution is 2.30. The lowest BCUT2D eigenvalue weighted by atomic mass is 9.99. The molecule has 0 aliphatic heterocycles. The number of nitrogens with one attached hydrogen (secondary N) is 1. The van der Waals surface area contributed by atoms with Crippen LogP contribution in [0.4, 0.5) is 4.79 Å². The van der Waals surface area contributed by atoms with Gasteiger partial charge in [0.25, 0.3) is 0 Å². The Hall–Kier alpha value is -4.86. The zero-order valence-corrected chi connectivity index (χ0v) is 19.2. The lowest BCUT2D eigenvalue weighted by molar-refractivity contribution is -0.139. The van der Waals surface area contributed by atoms with E-state index in [0.29, 0.717) is 11.4 Å². The van der Waals surface area contributed by atoms with Gasteiger partial charge in [-0.15, -0.1) is 5.10 Å². The Morgan fingerprint density at radius 1 is 0.889 bits per heavy atom. The van der Waals surface area contributed by atoms with Gasteiger partial charge in [-0.1, -0.05) is 84.9 Å². The molecule has 1 aromatic heterocycles. The first kappa shape index (κ1) is 24.3.